The molecule has 1 unspecified atom stereocenters. The molecule has 0 N–H and O–H groups in total. The second-order valence-corrected chi connectivity index (χ2v) is 8.78. The van der Waals surface area contributed by atoms with E-state index in [2.05, 4.69) is 28.7 Å². The van der Waals surface area contributed by atoms with Crippen molar-refractivity contribution in [1.29, 1.82) is 0 Å². The van der Waals surface area contributed by atoms with Crippen LogP contribution in [0.1, 0.15) is 45.9 Å². The number of carbonyl (C=O) groups is 1. The summed E-state index contributed by atoms with van der Waals surface area (Å²) in [6.45, 7) is 3.11. The standard InChI is InChI=1S/C25H23N3O2S/c1-2-14-28-24(29)19-11-7-6-10-18(19)22(26-28)25(30)27-15-12-21-20(13-16-31-21)23(27)17-8-4-3-5-9-17/h3-11,13,16,23H,2,12,14-15H2,1H3. The molecule has 2 aromatic heterocycles. The summed E-state index contributed by atoms with van der Waals surface area (Å²) in [5.41, 5.74) is 2.47. The van der Waals surface area contributed by atoms with Crippen LogP contribution in [0.15, 0.2) is 70.8 Å². The summed E-state index contributed by atoms with van der Waals surface area (Å²) in [5, 5.41) is 7.81. The number of thiophene rings is 1. The van der Waals surface area contributed by atoms with Gasteiger partial charge in [0.2, 0.25) is 0 Å². The van der Waals surface area contributed by atoms with Gasteiger partial charge >= 0.3 is 0 Å². The molecule has 2 aromatic carbocycles. The Kier molecular flexibility index (Phi) is 5.16. The molecule has 1 aliphatic rings. The highest BCUT2D eigenvalue weighted by Gasteiger charge is 2.34. The van der Waals surface area contributed by atoms with Gasteiger partial charge in [0.05, 0.1) is 11.4 Å². The Morgan fingerprint density at radius 3 is 2.58 bits per heavy atom. The molecule has 1 amide bonds. The van der Waals surface area contributed by atoms with Gasteiger partial charge in [-0.2, -0.15) is 5.10 Å². The molecule has 0 saturated heterocycles. The monoisotopic (exact) mass is 429 g/mol. The van der Waals surface area contributed by atoms with Gasteiger partial charge in [-0.15, -0.1) is 11.3 Å². The van der Waals surface area contributed by atoms with E-state index in [0.717, 1.165) is 18.4 Å². The third-order valence-corrected chi connectivity index (χ3v) is 6.84. The summed E-state index contributed by atoms with van der Waals surface area (Å²) in [5.74, 6) is -0.133. The molecule has 0 bridgehead atoms. The van der Waals surface area contributed by atoms with Crippen LogP contribution in [0.4, 0.5) is 0 Å². The van der Waals surface area contributed by atoms with Crippen molar-refractivity contribution in [3.63, 3.8) is 0 Å². The van der Waals surface area contributed by atoms with E-state index in [1.807, 2.05) is 48.2 Å². The quantitative estimate of drug-likeness (QED) is 0.474. The number of carbonyl (C=O) groups excluding carboxylic acids is 1. The fourth-order valence-corrected chi connectivity index (χ4v) is 5.33. The zero-order chi connectivity index (χ0) is 21.4. The highest BCUT2D eigenvalue weighted by Crippen LogP contribution is 2.38. The van der Waals surface area contributed by atoms with Gasteiger partial charge in [0.25, 0.3) is 11.5 Å². The van der Waals surface area contributed by atoms with Crippen molar-refractivity contribution in [3.05, 3.63) is 98.1 Å². The van der Waals surface area contributed by atoms with Gasteiger partial charge in [0.1, 0.15) is 0 Å². The first-order valence-corrected chi connectivity index (χ1v) is 11.5. The predicted octanol–water partition coefficient (Wildman–Crippen LogP) is 4.66. The molecule has 5 nitrogen and oxygen atoms in total. The Hall–Kier alpha value is -3.25. The number of benzene rings is 2. The molecule has 31 heavy (non-hydrogen) atoms. The van der Waals surface area contributed by atoms with E-state index in [1.54, 1.807) is 17.4 Å². The second kappa shape index (κ2) is 8.12. The van der Waals surface area contributed by atoms with Gasteiger partial charge < -0.3 is 4.90 Å². The molecule has 6 heteroatoms. The van der Waals surface area contributed by atoms with Crippen LogP contribution in [0.5, 0.6) is 0 Å². The van der Waals surface area contributed by atoms with Crippen LogP contribution in [0.25, 0.3) is 10.8 Å². The molecule has 0 radical (unpaired) electrons. The Labute approximate surface area is 184 Å². The molecule has 4 aromatic rings. The van der Waals surface area contributed by atoms with Gasteiger partial charge in [0, 0.05) is 23.4 Å². The number of aromatic nitrogens is 2. The fourth-order valence-electron chi connectivity index (χ4n) is 4.42. The van der Waals surface area contributed by atoms with Crippen molar-refractivity contribution in [2.24, 2.45) is 0 Å². The molecule has 0 fully saturated rings. The Balaban J connectivity index is 1.67. The molecule has 3 heterocycles. The Morgan fingerprint density at radius 1 is 1.06 bits per heavy atom. The SMILES string of the molecule is CCCn1nc(C(=O)N2CCc3sccc3C2c2ccccc2)c2ccccc2c1=O. The van der Waals surface area contributed by atoms with Gasteiger partial charge in [-0.1, -0.05) is 55.5 Å². The maximum atomic E-state index is 13.9. The van der Waals surface area contributed by atoms with Crippen molar-refractivity contribution >= 4 is 28.0 Å². The zero-order valence-corrected chi connectivity index (χ0v) is 18.1. The largest absolute Gasteiger partial charge is 0.326 e. The first-order chi connectivity index (χ1) is 15.2. The topological polar surface area (TPSA) is 55.2 Å². The van der Waals surface area contributed by atoms with Gasteiger partial charge in [0.15, 0.2) is 5.69 Å². The number of hydrogen-bond donors (Lipinski definition) is 0. The Bertz CT molecular complexity index is 1310. The summed E-state index contributed by atoms with van der Waals surface area (Å²) >= 11 is 1.75. The van der Waals surface area contributed by atoms with Crippen LogP contribution in [-0.4, -0.2) is 27.1 Å². The van der Waals surface area contributed by atoms with E-state index in [1.165, 1.54) is 15.1 Å². The lowest BCUT2D eigenvalue weighted by atomic mass is 9.92. The van der Waals surface area contributed by atoms with E-state index in [9.17, 15) is 9.59 Å². The van der Waals surface area contributed by atoms with Crippen molar-refractivity contribution in [2.45, 2.75) is 32.4 Å². The molecular weight excluding hydrogens is 406 g/mol. The van der Waals surface area contributed by atoms with Gasteiger partial charge in [-0.3, -0.25) is 9.59 Å². The van der Waals surface area contributed by atoms with Crippen LogP contribution in [-0.2, 0) is 13.0 Å². The average molecular weight is 430 g/mol. The minimum absolute atomic E-state index is 0.133. The molecule has 0 aliphatic carbocycles. The lowest BCUT2D eigenvalue weighted by Gasteiger charge is -2.36. The van der Waals surface area contributed by atoms with Crippen LogP contribution < -0.4 is 5.56 Å². The third kappa shape index (κ3) is 3.37. The maximum absolute atomic E-state index is 13.9. The highest BCUT2D eigenvalue weighted by molar-refractivity contribution is 7.10. The van der Waals surface area contributed by atoms with E-state index < -0.39 is 0 Å². The molecule has 156 valence electrons. The van der Waals surface area contributed by atoms with Crippen LogP contribution in [0.3, 0.4) is 0 Å². The summed E-state index contributed by atoms with van der Waals surface area (Å²) < 4.78 is 1.44. The number of aryl methyl sites for hydroxylation is 1. The second-order valence-electron chi connectivity index (χ2n) is 7.78. The molecule has 0 spiro atoms. The van der Waals surface area contributed by atoms with Gasteiger partial charge in [-0.25, -0.2) is 4.68 Å². The van der Waals surface area contributed by atoms with E-state index in [-0.39, 0.29) is 17.5 Å². The van der Waals surface area contributed by atoms with Crippen molar-refractivity contribution < 1.29 is 4.79 Å². The van der Waals surface area contributed by atoms with Crippen LogP contribution in [0.2, 0.25) is 0 Å². The van der Waals surface area contributed by atoms with E-state index in [4.69, 9.17) is 0 Å². The maximum Gasteiger partial charge on any atom is 0.275 e. The Morgan fingerprint density at radius 2 is 1.81 bits per heavy atom. The number of hydrogen-bond acceptors (Lipinski definition) is 4. The zero-order valence-electron chi connectivity index (χ0n) is 17.3. The lowest BCUT2D eigenvalue weighted by molar-refractivity contribution is 0.0689. The number of amides is 1. The van der Waals surface area contributed by atoms with Crippen LogP contribution in [0, 0.1) is 0 Å². The average Bonchev–Trinajstić information content (AvgIpc) is 3.29. The number of nitrogens with zero attached hydrogens (tertiary/aromatic N) is 3. The normalized spacial score (nSPS) is 15.8. The molecular formula is C25H23N3O2S. The first-order valence-electron chi connectivity index (χ1n) is 10.6. The summed E-state index contributed by atoms with van der Waals surface area (Å²) in [4.78, 5) is 30.1. The lowest BCUT2D eigenvalue weighted by Crippen LogP contribution is -2.41. The minimum atomic E-state index is -0.157. The minimum Gasteiger partial charge on any atom is -0.326 e. The first kappa shape index (κ1) is 19.7. The number of rotatable bonds is 4. The van der Waals surface area contributed by atoms with Crippen LogP contribution >= 0.6 is 11.3 Å². The molecule has 1 aliphatic heterocycles. The summed E-state index contributed by atoms with van der Waals surface area (Å²) in [6, 6.07) is 19.4. The molecule has 0 saturated carbocycles. The van der Waals surface area contributed by atoms with Gasteiger partial charge in [-0.05, 0) is 41.5 Å². The summed E-state index contributed by atoms with van der Waals surface area (Å²) in [7, 11) is 0. The van der Waals surface area contributed by atoms with Crippen molar-refractivity contribution in [1.82, 2.24) is 14.7 Å². The smallest absolute Gasteiger partial charge is 0.275 e. The third-order valence-electron chi connectivity index (χ3n) is 5.85. The predicted molar refractivity (Wildman–Crippen MR) is 124 cm³/mol. The van der Waals surface area contributed by atoms with Crippen molar-refractivity contribution in [2.75, 3.05) is 6.54 Å². The summed E-state index contributed by atoms with van der Waals surface area (Å²) in [6.07, 6.45) is 1.60. The highest BCUT2D eigenvalue weighted by atomic mass is 32.1. The van der Waals surface area contributed by atoms with Crippen molar-refractivity contribution in [3.8, 4) is 0 Å². The number of fused-ring (bicyclic) bond motifs is 2. The fraction of sp³-hybridized carbons (Fsp3) is 0.240. The molecule has 5 rings (SSSR count). The molecule has 1 atom stereocenters. The van der Waals surface area contributed by atoms with E-state index in [0.29, 0.717) is 29.6 Å². The van der Waals surface area contributed by atoms with E-state index >= 15 is 0 Å².